The Bertz CT molecular complexity index is 1060. The minimum atomic E-state index is -1.24. The summed E-state index contributed by atoms with van der Waals surface area (Å²) in [4.78, 5) is 24.0. The van der Waals surface area contributed by atoms with Crippen LogP contribution in [-0.4, -0.2) is 48.2 Å². The number of methoxy groups -OCH3 is 1. The molecule has 1 aromatic carbocycles. The first-order chi connectivity index (χ1) is 14.2. The van der Waals surface area contributed by atoms with Gasteiger partial charge in [-0.05, 0) is 31.5 Å². The van der Waals surface area contributed by atoms with Crippen LogP contribution in [0.4, 0.5) is 0 Å². The Hall–Kier alpha value is -2.35. The third kappa shape index (κ3) is 3.41. The quantitative estimate of drug-likeness (QED) is 0.698. The van der Waals surface area contributed by atoms with E-state index in [2.05, 4.69) is 0 Å². The van der Waals surface area contributed by atoms with E-state index in [-0.39, 0.29) is 17.5 Å². The van der Waals surface area contributed by atoms with Gasteiger partial charge in [0.05, 0.1) is 35.6 Å². The van der Waals surface area contributed by atoms with Crippen molar-refractivity contribution in [3.8, 4) is 17.0 Å². The summed E-state index contributed by atoms with van der Waals surface area (Å²) in [5.74, 6) is -0.689. The number of carboxylic acid groups (broad SMARTS) is 1. The SMILES string of the molecule is COCCCOc1cc2c(cc1Cl)-c1cc(=O)c(C(=O)O)cn1[C@H]1[C@@H]2COC1(C)C. The number of nitrogens with zero attached hydrogens (tertiary/aromatic N) is 1. The van der Waals surface area contributed by atoms with Crippen molar-refractivity contribution in [2.45, 2.75) is 37.8 Å². The van der Waals surface area contributed by atoms with Crippen molar-refractivity contribution in [1.29, 1.82) is 0 Å². The largest absolute Gasteiger partial charge is 0.492 e. The molecule has 0 spiro atoms. The first-order valence-electron chi connectivity index (χ1n) is 9.83. The Morgan fingerprint density at radius 2 is 2.10 bits per heavy atom. The molecule has 2 atom stereocenters. The Labute approximate surface area is 179 Å². The van der Waals surface area contributed by atoms with Crippen LogP contribution in [0.15, 0.2) is 29.2 Å². The van der Waals surface area contributed by atoms with Gasteiger partial charge in [-0.25, -0.2) is 4.79 Å². The molecule has 3 heterocycles. The molecule has 1 fully saturated rings. The van der Waals surface area contributed by atoms with Crippen molar-refractivity contribution in [2.24, 2.45) is 0 Å². The van der Waals surface area contributed by atoms with E-state index in [1.807, 2.05) is 24.5 Å². The maximum atomic E-state index is 12.5. The number of ether oxygens (including phenoxy) is 3. The van der Waals surface area contributed by atoms with Crippen LogP contribution >= 0.6 is 11.6 Å². The summed E-state index contributed by atoms with van der Waals surface area (Å²) < 4.78 is 18.9. The molecule has 0 aliphatic carbocycles. The number of rotatable bonds is 6. The van der Waals surface area contributed by atoms with Gasteiger partial charge in [-0.15, -0.1) is 0 Å². The maximum Gasteiger partial charge on any atom is 0.341 e. The number of carboxylic acids is 1. The van der Waals surface area contributed by atoms with Crippen LogP contribution < -0.4 is 10.2 Å². The van der Waals surface area contributed by atoms with E-state index in [1.165, 1.54) is 12.3 Å². The average molecular weight is 434 g/mol. The van der Waals surface area contributed by atoms with Crippen LogP contribution in [-0.2, 0) is 9.47 Å². The molecular weight excluding hydrogens is 410 g/mol. The molecule has 0 amide bonds. The van der Waals surface area contributed by atoms with Gasteiger partial charge in [0.15, 0.2) is 5.43 Å². The smallest absolute Gasteiger partial charge is 0.341 e. The van der Waals surface area contributed by atoms with Crippen molar-refractivity contribution in [3.63, 3.8) is 0 Å². The van der Waals surface area contributed by atoms with Gasteiger partial charge in [0.2, 0.25) is 0 Å². The van der Waals surface area contributed by atoms with Crippen molar-refractivity contribution < 1.29 is 24.1 Å². The number of benzene rings is 1. The Balaban J connectivity index is 1.86. The summed E-state index contributed by atoms with van der Waals surface area (Å²) in [5, 5.41) is 9.88. The number of hydrogen-bond donors (Lipinski definition) is 1. The molecule has 0 saturated carbocycles. The van der Waals surface area contributed by atoms with E-state index in [9.17, 15) is 14.7 Å². The van der Waals surface area contributed by atoms with Gasteiger partial charge < -0.3 is 23.9 Å². The first kappa shape index (κ1) is 20.9. The standard InChI is InChI=1S/C22H24ClNO6/c1-22(2)20-15(11-30-22)12-8-19(29-6-4-5-28-3)16(23)7-13(12)17-9-18(25)14(21(26)27)10-24(17)20/h7-10,15,20H,4-6,11H2,1-3H3,(H,26,27)/t15-,20+/m1/s1. The summed E-state index contributed by atoms with van der Waals surface area (Å²) in [6.45, 7) is 5.49. The Morgan fingerprint density at radius 3 is 2.80 bits per heavy atom. The molecule has 0 unspecified atom stereocenters. The lowest BCUT2D eigenvalue weighted by molar-refractivity contribution is 0.0145. The van der Waals surface area contributed by atoms with Crippen molar-refractivity contribution in [1.82, 2.24) is 4.57 Å². The molecule has 2 aliphatic heterocycles. The fourth-order valence-corrected chi connectivity index (χ4v) is 4.72. The highest BCUT2D eigenvalue weighted by molar-refractivity contribution is 6.32. The van der Waals surface area contributed by atoms with E-state index in [0.29, 0.717) is 36.3 Å². The lowest BCUT2D eigenvalue weighted by Gasteiger charge is -2.38. The van der Waals surface area contributed by atoms with Crippen molar-refractivity contribution in [2.75, 3.05) is 26.9 Å². The summed E-state index contributed by atoms with van der Waals surface area (Å²) in [7, 11) is 1.64. The summed E-state index contributed by atoms with van der Waals surface area (Å²) in [6.07, 6.45) is 2.17. The molecule has 1 aromatic heterocycles. The fraction of sp³-hybridized carbons (Fsp3) is 0.455. The van der Waals surface area contributed by atoms with Crippen LogP contribution in [0.25, 0.3) is 11.3 Å². The number of hydrogen-bond acceptors (Lipinski definition) is 5. The fourth-order valence-electron chi connectivity index (χ4n) is 4.50. The molecule has 0 radical (unpaired) electrons. The lowest BCUT2D eigenvalue weighted by Crippen LogP contribution is -2.36. The minimum absolute atomic E-state index is 0.0229. The molecule has 2 aliphatic rings. The third-order valence-electron chi connectivity index (χ3n) is 5.87. The normalized spacial score (nSPS) is 20.9. The van der Waals surface area contributed by atoms with Gasteiger partial charge in [-0.1, -0.05) is 11.6 Å². The zero-order valence-corrected chi connectivity index (χ0v) is 17.9. The zero-order valence-electron chi connectivity index (χ0n) is 17.1. The van der Waals surface area contributed by atoms with E-state index in [1.54, 1.807) is 13.2 Å². The van der Waals surface area contributed by atoms with E-state index < -0.39 is 17.0 Å². The zero-order chi connectivity index (χ0) is 21.6. The highest BCUT2D eigenvalue weighted by Gasteiger charge is 2.49. The second kappa shape index (κ2) is 7.72. The highest BCUT2D eigenvalue weighted by atomic mass is 35.5. The molecule has 4 rings (SSSR count). The number of carbonyl (C=O) groups is 1. The van der Waals surface area contributed by atoms with Gasteiger partial charge in [-0.3, -0.25) is 4.79 Å². The monoisotopic (exact) mass is 433 g/mol. The van der Waals surface area contributed by atoms with Gasteiger partial charge in [0.1, 0.15) is 11.3 Å². The molecule has 1 saturated heterocycles. The number of halogens is 1. The third-order valence-corrected chi connectivity index (χ3v) is 6.16. The minimum Gasteiger partial charge on any atom is -0.492 e. The van der Waals surface area contributed by atoms with Gasteiger partial charge in [0, 0.05) is 43.9 Å². The van der Waals surface area contributed by atoms with Crippen LogP contribution in [0.3, 0.4) is 0 Å². The maximum absolute atomic E-state index is 12.5. The molecule has 8 heteroatoms. The second-order valence-corrected chi connectivity index (χ2v) is 8.59. The number of aromatic carboxylic acids is 1. The van der Waals surface area contributed by atoms with Crippen LogP contribution in [0.1, 0.15) is 48.1 Å². The lowest BCUT2D eigenvalue weighted by atomic mass is 9.79. The molecule has 1 N–H and O–H groups in total. The summed E-state index contributed by atoms with van der Waals surface area (Å²) >= 11 is 6.49. The Morgan fingerprint density at radius 1 is 1.33 bits per heavy atom. The topological polar surface area (TPSA) is 87.0 Å². The van der Waals surface area contributed by atoms with E-state index in [0.717, 1.165) is 17.5 Å². The number of aromatic nitrogens is 1. The predicted molar refractivity (Wildman–Crippen MR) is 112 cm³/mol. The molecule has 7 nitrogen and oxygen atoms in total. The molecular formula is C22H24ClNO6. The van der Waals surface area contributed by atoms with E-state index >= 15 is 0 Å². The highest BCUT2D eigenvalue weighted by Crippen LogP contribution is 2.53. The molecule has 0 bridgehead atoms. The van der Waals surface area contributed by atoms with Crippen LogP contribution in [0.2, 0.25) is 5.02 Å². The van der Waals surface area contributed by atoms with Crippen molar-refractivity contribution in [3.05, 3.63) is 50.8 Å². The Kier molecular flexibility index (Phi) is 5.38. The van der Waals surface area contributed by atoms with Crippen LogP contribution in [0.5, 0.6) is 5.75 Å². The predicted octanol–water partition coefficient (Wildman–Crippen LogP) is 3.73. The number of pyridine rings is 1. The van der Waals surface area contributed by atoms with Gasteiger partial charge in [-0.2, -0.15) is 0 Å². The number of fused-ring (bicyclic) bond motifs is 6. The molecule has 2 aromatic rings. The van der Waals surface area contributed by atoms with Crippen LogP contribution in [0, 0.1) is 0 Å². The summed E-state index contributed by atoms with van der Waals surface area (Å²) in [6, 6.07) is 4.92. The van der Waals surface area contributed by atoms with Gasteiger partial charge >= 0.3 is 5.97 Å². The average Bonchev–Trinajstić information content (AvgIpc) is 3.01. The molecule has 160 valence electrons. The van der Waals surface area contributed by atoms with E-state index in [4.69, 9.17) is 25.8 Å². The second-order valence-electron chi connectivity index (χ2n) is 8.18. The van der Waals surface area contributed by atoms with Crippen molar-refractivity contribution >= 4 is 17.6 Å². The molecule has 30 heavy (non-hydrogen) atoms. The summed E-state index contributed by atoms with van der Waals surface area (Å²) in [5.41, 5.74) is 1.08. The first-order valence-corrected chi connectivity index (χ1v) is 10.2. The van der Waals surface area contributed by atoms with Gasteiger partial charge in [0.25, 0.3) is 0 Å².